The van der Waals surface area contributed by atoms with Crippen LogP contribution in [-0.2, 0) is 59.2 Å². The van der Waals surface area contributed by atoms with Crippen molar-refractivity contribution in [1.29, 1.82) is 0 Å². The lowest BCUT2D eigenvalue weighted by Gasteiger charge is -2.33. The van der Waals surface area contributed by atoms with Crippen LogP contribution in [0.15, 0.2) is 29.3 Å². The van der Waals surface area contributed by atoms with E-state index in [1.165, 1.54) is 12.0 Å². The van der Waals surface area contributed by atoms with Gasteiger partial charge in [-0.25, -0.2) is 0 Å². The second kappa shape index (κ2) is 29.9. The molecule has 2 fully saturated rings. The Bertz CT molecular complexity index is 2270. The summed E-state index contributed by atoms with van der Waals surface area (Å²) >= 11 is 0. The summed E-state index contributed by atoms with van der Waals surface area (Å²) in [5.41, 5.74) is 34.3. The van der Waals surface area contributed by atoms with Gasteiger partial charge in [-0.05, 0) is 69.6 Å². The summed E-state index contributed by atoms with van der Waals surface area (Å²) in [5.74, 6) is -10.1. The minimum atomic E-state index is -1.78. The van der Waals surface area contributed by atoms with Crippen LogP contribution in [0.1, 0.15) is 84.6 Å². The van der Waals surface area contributed by atoms with Crippen molar-refractivity contribution < 1.29 is 57.5 Å². The summed E-state index contributed by atoms with van der Waals surface area (Å²) in [6, 6.07) is -4.59. The Morgan fingerprint density at radius 2 is 1.47 bits per heavy atom. The molecule has 3 rings (SSSR count). The third-order valence-corrected chi connectivity index (χ3v) is 15.7. The summed E-state index contributed by atoms with van der Waals surface area (Å²) in [7, 11) is 3.55. The molecule has 0 bridgehead atoms. The molecule has 75 heavy (non-hydrogen) atoms. The molecule has 0 spiro atoms. The lowest BCUT2D eigenvalue weighted by Crippen LogP contribution is -2.62. The van der Waals surface area contributed by atoms with Crippen LogP contribution >= 0.6 is 21.6 Å². The zero-order chi connectivity index (χ0) is 56.2. The molecule has 2 heterocycles. The molecule has 11 amide bonds. The van der Waals surface area contributed by atoms with Gasteiger partial charge in [0.15, 0.2) is 5.96 Å². The van der Waals surface area contributed by atoms with Crippen LogP contribution < -0.4 is 76.4 Å². The second-order valence-corrected chi connectivity index (χ2v) is 21.7. The highest BCUT2D eigenvalue weighted by atomic mass is 33.1. The van der Waals surface area contributed by atoms with Crippen LogP contribution in [-0.4, -0.2) is 161 Å². The smallest absolute Gasteiger partial charge is 0.246 e. The Labute approximate surface area is 442 Å². The van der Waals surface area contributed by atoms with Gasteiger partial charge in [-0.3, -0.25) is 57.7 Å². The van der Waals surface area contributed by atoms with Gasteiger partial charge in [-0.15, -0.1) is 0 Å². The first-order valence-electron chi connectivity index (χ1n) is 24.3. The number of nitrogens with zero attached hydrogens (tertiary/aromatic N) is 2. The number of ether oxygens (including phenoxy) is 1. The number of aliphatic imine (C=N–C) groups is 1. The number of amides is 11. The van der Waals surface area contributed by atoms with Crippen molar-refractivity contribution in [2.75, 3.05) is 32.5 Å². The first-order chi connectivity index (χ1) is 35.3. The predicted octanol–water partition coefficient (Wildman–Crippen LogP) is -4.52. The third-order valence-electron chi connectivity index (χ3n) is 12.4. The first-order valence-corrected chi connectivity index (χ1v) is 26.6. The van der Waals surface area contributed by atoms with Gasteiger partial charge >= 0.3 is 0 Å². The van der Waals surface area contributed by atoms with Gasteiger partial charge in [-0.1, -0.05) is 54.0 Å². The molecular formula is C46H73N15O12S2. The quantitative estimate of drug-likeness (QED) is 0.0253. The van der Waals surface area contributed by atoms with Crippen molar-refractivity contribution in [2.24, 2.45) is 45.3 Å². The highest BCUT2D eigenvalue weighted by Crippen LogP contribution is 2.38. The highest BCUT2D eigenvalue weighted by molar-refractivity contribution is 8.77. The van der Waals surface area contributed by atoms with Crippen LogP contribution in [0.25, 0.3) is 0 Å². The Morgan fingerprint density at radius 1 is 0.840 bits per heavy atom. The largest absolute Gasteiger partial charge is 0.497 e. The molecule has 19 N–H and O–H groups in total. The molecule has 0 aromatic heterocycles. The molecule has 0 unspecified atom stereocenters. The van der Waals surface area contributed by atoms with Crippen LogP contribution in [0.4, 0.5) is 0 Å². The molecule has 0 aliphatic carbocycles. The average Bonchev–Trinajstić information content (AvgIpc) is 3.85. The molecular weight excluding hydrogens is 1020 g/mol. The number of guanidine groups is 1. The van der Waals surface area contributed by atoms with Crippen molar-refractivity contribution in [3.05, 3.63) is 29.8 Å². The number of likely N-dealkylation sites (tertiary alicyclic amines) is 1. The monoisotopic (exact) mass is 1090 g/mol. The van der Waals surface area contributed by atoms with Crippen molar-refractivity contribution >= 4 is 92.5 Å². The standard InChI is InChI=1S/C46H73N15O12S2/c1-6-23(2)35-42(70)56-27(15-16-32(47)62)38(66)57-29(20-33(48)63)39(67)59-30(22-74-75-46(3,4)36(50)43(71)58-28(40(68)60-35)19-24-11-13-25(73-5)14-12-24)44(72)61-18-8-10-31(61)41(69)55-26(9-7-17-53-45(51)52)37(65)54-21-34(49)64/h11-14,23,26-31,35-36H,6-10,15-22,50H2,1-5H3,(H2,47,62)(H2,48,63)(H2,49,64)(H,54,65)(H,55,69)(H,56,70)(H,57,66)(H,58,71)(H,59,67)(H,60,68)(H4,51,52,53)/t23-,26-,27-,28+,29+,30+,31-,35-,36-/m0/s1. The van der Waals surface area contributed by atoms with Crippen molar-refractivity contribution in [1.82, 2.24) is 42.1 Å². The number of primary amides is 3. The Morgan fingerprint density at radius 3 is 2.07 bits per heavy atom. The third kappa shape index (κ3) is 20.1. The summed E-state index contributed by atoms with van der Waals surface area (Å²) in [6.45, 7) is 6.26. The van der Waals surface area contributed by atoms with E-state index in [1.807, 2.05) is 0 Å². The van der Waals surface area contributed by atoms with E-state index in [-0.39, 0.29) is 50.5 Å². The molecule has 1 aromatic carbocycles. The number of carbonyl (C=O) groups excluding carboxylic acids is 11. The molecule has 9 atom stereocenters. The summed E-state index contributed by atoms with van der Waals surface area (Å²) in [5, 5.41) is 18.0. The maximum Gasteiger partial charge on any atom is 0.246 e. The van der Waals surface area contributed by atoms with Crippen molar-refractivity contribution in [3.63, 3.8) is 0 Å². The van der Waals surface area contributed by atoms with Crippen LogP contribution in [0, 0.1) is 5.92 Å². The van der Waals surface area contributed by atoms with E-state index in [9.17, 15) is 52.7 Å². The number of nitrogens with one attached hydrogen (secondary N) is 7. The molecule has 2 aliphatic heterocycles. The predicted molar refractivity (Wildman–Crippen MR) is 279 cm³/mol. The van der Waals surface area contributed by atoms with E-state index in [0.717, 1.165) is 21.6 Å². The zero-order valence-corrected chi connectivity index (χ0v) is 44.4. The van der Waals surface area contributed by atoms with Crippen LogP contribution in [0.5, 0.6) is 5.75 Å². The lowest BCUT2D eigenvalue weighted by atomic mass is 9.96. The number of nitrogens with two attached hydrogens (primary N) is 6. The van der Waals surface area contributed by atoms with Gasteiger partial charge < -0.3 is 81.3 Å². The van der Waals surface area contributed by atoms with Gasteiger partial charge in [0.2, 0.25) is 65.0 Å². The van der Waals surface area contributed by atoms with E-state index in [4.69, 9.17) is 39.1 Å². The van der Waals surface area contributed by atoms with E-state index < -0.39 is 150 Å². The SMILES string of the molecule is CC[C@H](C)[C@@H]1NC(=O)[C@@H](Cc2ccc(OC)cc2)NC(=O)[C@H](N)C(C)(C)SSC[C@H](C(=O)N2CCC[C@H]2C(=O)N[C@@H](CCCN=C(N)N)C(=O)NCC(N)=O)NC(=O)[C@@H](CC(N)=O)NC(=O)[C@H](CCC(N)=O)NC1=O. The molecule has 29 heteroatoms. The van der Waals surface area contributed by atoms with Gasteiger partial charge in [0.25, 0.3) is 0 Å². The van der Waals surface area contributed by atoms with Gasteiger partial charge in [0, 0.05) is 36.4 Å². The zero-order valence-electron chi connectivity index (χ0n) is 42.8. The molecule has 27 nitrogen and oxygen atoms in total. The number of rotatable bonds is 20. The Kier molecular flexibility index (Phi) is 24.9. The van der Waals surface area contributed by atoms with Crippen molar-refractivity contribution in [3.8, 4) is 5.75 Å². The van der Waals surface area contributed by atoms with Gasteiger partial charge in [0.1, 0.15) is 48.0 Å². The molecule has 1 aromatic rings. The van der Waals surface area contributed by atoms with E-state index in [1.54, 1.807) is 52.0 Å². The number of methoxy groups -OCH3 is 1. The Hall–Kier alpha value is -6.88. The first kappa shape index (κ1) is 62.4. The van der Waals surface area contributed by atoms with E-state index >= 15 is 0 Å². The summed E-state index contributed by atoms with van der Waals surface area (Å²) in [4.78, 5) is 154. The fourth-order valence-electron chi connectivity index (χ4n) is 7.83. The Balaban J connectivity index is 2.11. The van der Waals surface area contributed by atoms with Crippen molar-refractivity contribution in [2.45, 2.75) is 139 Å². The topological polar surface area (TPSA) is 453 Å². The average molecular weight is 1090 g/mol. The lowest BCUT2D eigenvalue weighted by molar-refractivity contribution is -0.142. The fraction of sp³-hybridized carbons (Fsp3) is 0.609. The number of benzene rings is 1. The van der Waals surface area contributed by atoms with Crippen LogP contribution in [0.2, 0.25) is 0 Å². The maximum atomic E-state index is 14.7. The molecule has 2 aliphatic rings. The molecule has 416 valence electrons. The maximum absolute atomic E-state index is 14.7. The van der Waals surface area contributed by atoms with E-state index in [0.29, 0.717) is 24.2 Å². The number of hydrogen-bond acceptors (Lipinski definition) is 16. The minimum Gasteiger partial charge on any atom is -0.497 e. The molecule has 0 radical (unpaired) electrons. The summed E-state index contributed by atoms with van der Waals surface area (Å²) in [6.07, 6.45) is -0.749. The summed E-state index contributed by atoms with van der Waals surface area (Å²) < 4.78 is 4.10. The number of hydrogen-bond donors (Lipinski definition) is 13. The van der Waals surface area contributed by atoms with Crippen LogP contribution in [0.3, 0.4) is 0 Å². The van der Waals surface area contributed by atoms with Gasteiger partial charge in [0.05, 0.1) is 26.1 Å². The fourth-order valence-corrected chi connectivity index (χ4v) is 10.6. The van der Waals surface area contributed by atoms with E-state index in [2.05, 4.69) is 42.2 Å². The normalized spacial score (nSPS) is 23.8. The minimum absolute atomic E-state index is 0.00524. The second-order valence-electron chi connectivity index (χ2n) is 18.7. The molecule has 2 saturated heterocycles. The van der Waals surface area contributed by atoms with Gasteiger partial charge in [-0.2, -0.15) is 0 Å². The number of carbonyl (C=O) groups is 11. The molecule has 0 saturated carbocycles. The highest BCUT2D eigenvalue weighted by Gasteiger charge is 2.42.